The molecule has 0 saturated heterocycles. The second-order valence-corrected chi connectivity index (χ2v) is 11.2. The van der Waals surface area contributed by atoms with Gasteiger partial charge in [-0.15, -0.1) is 0 Å². The maximum atomic E-state index is 13.5. The van der Waals surface area contributed by atoms with E-state index in [4.69, 9.17) is 0 Å². The molecule has 0 saturated carbocycles. The minimum absolute atomic E-state index is 0.00245. The lowest BCUT2D eigenvalue weighted by molar-refractivity contribution is -0.121. The number of fused-ring (bicyclic) bond motifs is 6. The van der Waals surface area contributed by atoms with Gasteiger partial charge in [-0.05, 0) is 49.7 Å². The van der Waals surface area contributed by atoms with Crippen LogP contribution in [0.1, 0.15) is 48.0 Å². The zero-order valence-electron chi connectivity index (χ0n) is 22.0. The molecule has 0 fully saturated rings. The number of para-hydroxylation sites is 2. The minimum atomic E-state index is -0.189. The molecule has 2 aliphatic heterocycles. The van der Waals surface area contributed by atoms with Gasteiger partial charge >= 0.3 is 0 Å². The molecule has 2 aliphatic rings. The largest absolute Gasteiger partial charge is 0.355 e. The Morgan fingerprint density at radius 3 is 2.61 bits per heavy atom. The molecule has 3 heterocycles. The minimum Gasteiger partial charge on any atom is -0.355 e. The van der Waals surface area contributed by atoms with Crippen molar-refractivity contribution >= 4 is 28.4 Å². The molecule has 0 spiro atoms. The Morgan fingerprint density at radius 1 is 1.11 bits per heavy atom. The Kier molecular flexibility index (Phi) is 6.29. The fourth-order valence-electron chi connectivity index (χ4n) is 6.10. The number of aryl methyl sites for hydroxylation is 1. The van der Waals surface area contributed by atoms with Crippen molar-refractivity contribution in [1.82, 2.24) is 19.7 Å². The summed E-state index contributed by atoms with van der Waals surface area (Å²) in [5.74, 6) is 0.136. The number of aromatic nitrogens is 1. The number of amides is 2. The Bertz CT molecular complexity index is 1310. The molecular formula is C29H37N5O2. The molecule has 1 atom stereocenters. The molecule has 1 N–H and O–H groups in total. The first-order valence-corrected chi connectivity index (χ1v) is 12.8. The third-order valence-corrected chi connectivity index (χ3v) is 7.48. The normalized spacial score (nSPS) is 17.3. The summed E-state index contributed by atoms with van der Waals surface area (Å²) in [6.07, 6.45) is 1.02. The van der Waals surface area contributed by atoms with Crippen molar-refractivity contribution in [2.75, 3.05) is 45.7 Å². The highest BCUT2D eigenvalue weighted by atomic mass is 16.2. The zero-order chi connectivity index (χ0) is 25.6. The molecule has 36 heavy (non-hydrogen) atoms. The van der Waals surface area contributed by atoms with Gasteiger partial charge in [-0.1, -0.05) is 44.2 Å². The van der Waals surface area contributed by atoms with Crippen molar-refractivity contribution in [2.45, 2.75) is 39.4 Å². The molecule has 0 aliphatic carbocycles. The molecule has 1 aromatic heterocycles. The number of hydrogen-bond donors (Lipinski definition) is 1. The zero-order valence-corrected chi connectivity index (χ0v) is 22.0. The molecule has 1 unspecified atom stereocenters. The van der Waals surface area contributed by atoms with Crippen LogP contribution in [0.2, 0.25) is 0 Å². The van der Waals surface area contributed by atoms with Crippen LogP contribution < -0.4 is 10.2 Å². The van der Waals surface area contributed by atoms with E-state index in [1.165, 1.54) is 10.9 Å². The van der Waals surface area contributed by atoms with E-state index in [2.05, 4.69) is 78.9 Å². The third kappa shape index (κ3) is 4.26. The van der Waals surface area contributed by atoms with Crippen molar-refractivity contribution in [2.24, 2.45) is 5.41 Å². The van der Waals surface area contributed by atoms with E-state index in [1.54, 1.807) is 0 Å². The van der Waals surface area contributed by atoms with Crippen LogP contribution in [0.4, 0.5) is 5.69 Å². The van der Waals surface area contributed by atoms with E-state index in [9.17, 15) is 9.59 Å². The predicted molar refractivity (Wildman–Crippen MR) is 144 cm³/mol. The van der Waals surface area contributed by atoms with Crippen LogP contribution in [-0.4, -0.2) is 67.0 Å². The highest BCUT2D eigenvalue weighted by Crippen LogP contribution is 2.44. The Morgan fingerprint density at radius 2 is 1.83 bits per heavy atom. The Labute approximate surface area is 213 Å². The highest BCUT2D eigenvalue weighted by Gasteiger charge is 2.42. The average molecular weight is 488 g/mol. The lowest BCUT2D eigenvalue weighted by Crippen LogP contribution is -2.51. The van der Waals surface area contributed by atoms with Crippen molar-refractivity contribution in [3.63, 3.8) is 0 Å². The Balaban J connectivity index is 1.46. The molecule has 7 nitrogen and oxygen atoms in total. The number of carbonyl (C=O) groups is 2. The van der Waals surface area contributed by atoms with Gasteiger partial charge in [-0.25, -0.2) is 0 Å². The van der Waals surface area contributed by atoms with Gasteiger partial charge in [-0.3, -0.25) is 9.59 Å². The summed E-state index contributed by atoms with van der Waals surface area (Å²) >= 11 is 0. The van der Waals surface area contributed by atoms with Crippen molar-refractivity contribution in [3.05, 3.63) is 65.4 Å². The second kappa shape index (κ2) is 9.28. The second-order valence-electron chi connectivity index (χ2n) is 11.2. The molecule has 0 radical (unpaired) electrons. The van der Waals surface area contributed by atoms with Crippen LogP contribution in [0.25, 0.3) is 10.9 Å². The number of benzene rings is 2. The van der Waals surface area contributed by atoms with Gasteiger partial charge in [0.25, 0.3) is 5.91 Å². The summed E-state index contributed by atoms with van der Waals surface area (Å²) in [4.78, 5) is 32.8. The van der Waals surface area contributed by atoms with Crippen LogP contribution in [0.5, 0.6) is 0 Å². The molecule has 5 rings (SSSR count). The van der Waals surface area contributed by atoms with Gasteiger partial charge in [-0.2, -0.15) is 0 Å². The van der Waals surface area contributed by atoms with Gasteiger partial charge in [0.1, 0.15) is 6.17 Å². The van der Waals surface area contributed by atoms with Gasteiger partial charge in [0.15, 0.2) is 0 Å². The summed E-state index contributed by atoms with van der Waals surface area (Å²) in [6, 6.07) is 16.3. The van der Waals surface area contributed by atoms with Crippen molar-refractivity contribution in [1.29, 1.82) is 0 Å². The number of hydrogen-bond acceptors (Lipinski definition) is 4. The van der Waals surface area contributed by atoms with Gasteiger partial charge in [0.05, 0.1) is 16.9 Å². The van der Waals surface area contributed by atoms with E-state index in [1.807, 2.05) is 29.2 Å². The quantitative estimate of drug-likeness (QED) is 0.550. The number of anilines is 1. The number of rotatable bonds is 7. The fraction of sp³-hybridized carbons (Fsp3) is 0.448. The summed E-state index contributed by atoms with van der Waals surface area (Å²) in [5.41, 5.74) is 5.26. The van der Waals surface area contributed by atoms with Crippen molar-refractivity contribution < 1.29 is 9.59 Å². The van der Waals surface area contributed by atoms with Crippen LogP contribution in [0.15, 0.2) is 48.5 Å². The SMILES string of the molecule is CN(C)CC(C)(C)CNC(=O)CCn1c2c(c3ccccc31)CCN1C(=O)c3ccccc3N(C)C21. The summed E-state index contributed by atoms with van der Waals surface area (Å²) in [7, 11) is 6.18. The molecule has 3 aromatic rings. The number of nitrogens with one attached hydrogen (secondary N) is 1. The van der Waals surface area contributed by atoms with E-state index < -0.39 is 0 Å². The first-order valence-electron chi connectivity index (χ1n) is 12.8. The maximum absolute atomic E-state index is 13.5. The number of nitrogens with zero attached hydrogens (tertiary/aromatic N) is 4. The summed E-state index contributed by atoms with van der Waals surface area (Å²) < 4.78 is 2.28. The third-order valence-electron chi connectivity index (χ3n) is 7.48. The molecule has 190 valence electrons. The fourth-order valence-corrected chi connectivity index (χ4v) is 6.10. The van der Waals surface area contributed by atoms with Gasteiger partial charge < -0.3 is 24.6 Å². The van der Waals surface area contributed by atoms with E-state index in [-0.39, 0.29) is 23.4 Å². The van der Waals surface area contributed by atoms with Crippen LogP contribution in [0, 0.1) is 5.41 Å². The Hall–Kier alpha value is -3.32. The van der Waals surface area contributed by atoms with Crippen LogP contribution in [-0.2, 0) is 17.8 Å². The molecular weight excluding hydrogens is 450 g/mol. The lowest BCUT2D eigenvalue weighted by Gasteiger charge is -2.46. The lowest BCUT2D eigenvalue weighted by atomic mass is 9.93. The smallest absolute Gasteiger partial charge is 0.257 e. The molecule has 2 amide bonds. The van der Waals surface area contributed by atoms with Gasteiger partial charge in [0.2, 0.25) is 5.91 Å². The summed E-state index contributed by atoms with van der Waals surface area (Å²) in [6.45, 7) is 7.15. The van der Waals surface area contributed by atoms with Crippen LogP contribution >= 0.6 is 0 Å². The summed E-state index contributed by atoms with van der Waals surface area (Å²) in [5, 5.41) is 4.37. The molecule has 0 bridgehead atoms. The van der Waals surface area contributed by atoms with Crippen molar-refractivity contribution in [3.8, 4) is 0 Å². The standard InChI is InChI=1S/C29H37N5O2/c1-29(2,19-31(3)4)18-30-25(35)15-17-33-24-13-9-6-10-20(24)21-14-16-34-27(26(21)33)32(5)23-12-8-7-11-22(23)28(34)36/h6-13,27H,14-19H2,1-5H3,(H,30,35). The van der Waals surface area contributed by atoms with E-state index >= 15 is 0 Å². The first kappa shape index (κ1) is 24.4. The van der Waals surface area contributed by atoms with E-state index in [0.29, 0.717) is 26.1 Å². The topological polar surface area (TPSA) is 60.8 Å². The number of carbonyl (C=O) groups excluding carboxylic acids is 2. The van der Waals surface area contributed by atoms with E-state index in [0.717, 1.165) is 35.4 Å². The average Bonchev–Trinajstić information content (AvgIpc) is 3.17. The monoisotopic (exact) mass is 487 g/mol. The predicted octanol–water partition coefficient (Wildman–Crippen LogP) is 3.88. The molecule has 2 aromatic carbocycles. The first-order chi connectivity index (χ1) is 17.2. The highest BCUT2D eigenvalue weighted by molar-refractivity contribution is 6.02. The van der Waals surface area contributed by atoms with Gasteiger partial charge in [0, 0.05) is 50.6 Å². The maximum Gasteiger partial charge on any atom is 0.257 e. The molecule has 7 heteroatoms. The van der Waals surface area contributed by atoms with Crippen LogP contribution in [0.3, 0.4) is 0 Å².